The molecule has 0 aliphatic rings. The number of alkyl halides is 15. The predicted octanol–water partition coefficient (Wildman–Crippen LogP) is 3.24. The summed E-state index contributed by atoms with van der Waals surface area (Å²) >= 11 is 0. The number of hydrogen-bond donors (Lipinski definition) is 1. The Hall–Kier alpha value is -7.73. The molecule has 0 saturated carbocycles. The van der Waals surface area contributed by atoms with Crippen molar-refractivity contribution in [3.63, 3.8) is 0 Å². The fraction of sp³-hybridized carbons (Fsp3) is 0.326. The minimum Gasteiger partial charge on any atom is -0.741 e. The van der Waals surface area contributed by atoms with Gasteiger partial charge in [0, 0.05) is 160 Å². The molecular formula is C46H52F15N11O15S5. The number of hydrogen-bond acceptors (Lipinski definition) is 21. The van der Waals surface area contributed by atoms with Crippen molar-refractivity contribution < 1.29 is 154 Å². The monoisotopic (exact) mass is 1440 g/mol. The van der Waals surface area contributed by atoms with Crippen LogP contribution in [0.3, 0.4) is 0 Å². The second-order valence-corrected chi connectivity index (χ2v) is 25.3. The maximum absolute atomic E-state index is 10.7. The summed E-state index contributed by atoms with van der Waals surface area (Å²) in [5.74, 6) is 0. The third-order valence-corrected chi connectivity index (χ3v) is 13.6. The van der Waals surface area contributed by atoms with Crippen LogP contribution in [0.2, 0.25) is 0 Å². The van der Waals surface area contributed by atoms with Gasteiger partial charge < -0.3 is 53.0 Å². The van der Waals surface area contributed by atoms with E-state index in [9.17, 15) is 65.9 Å². The van der Waals surface area contributed by atoms with E-state index in [0.717, 1.165) is 56.9 Å². The molecular weight excluding hydrogens is 1390 g/mol. The molecule has 5 aromatic heterocycles. The SMILES string of the molecule is CN(C)c1cc[n+](-c2c(N)c(-[n+]3ccc(N(C)C)cc3)c(-[n+]3ccc(N(C)C)cc3)c(-[n+]3ccc(N(C)C)cc3)c2-[n+]2ccc(N(C)C)cc2)cc1.O=S(=O)([O-])C(F)(F)F.O=S(=O)([O-])C(F)(F)F.O=S(=O)([O-])C(F)(F)F.O=S(=O)([O-])C(F)(F)F.O=S(=O)([O-])C(F)(F)F. The third-order valence-electron chi connectivity index (χ3n) is 10.8. The van der Waals surface area contributed by atoms with Gasteiger partial charge in [-0.15, -0.1) is 0 Å². The van der Waals surface area contributed by atoms with E-state index in [0.29, 0.717) is 5.69 Å². The van der Waals surface area contributed by atoms with Crippen LogP contribution in [-0.4, -0.2) is 163 Å². The summed E-state index contributed by atoms with van der Waals surface area (Å²) < 4.78 is 305. The molecule has 92 heavy (non-hydrogen) atoms. The summed E-state index contributed by atoms with van der Waals surface area (Å²) in [6, 6.07) is 21.3. The first-order chi connectivity index (χ1) is 41.1. The van der Waals surface area contributed by atoms with Crippen LogP contribution in [0.15, 0.2) is 123 Å². The first-order valence-electron chi connectivity index (χ1n) is 23.7. The standard InChI is InChI=1S/C41H52N11.5CHF3O3S/c1-43(2)31-11-21-48(22-12-31)37-36(42)38(49-23-13-32(14-24-49)44(3)4)40(51-27-17-34(18-28-51)46(7)8)41(52-29-19-35(20-30-52)47(9)10)39(37)50-25-15-33(16-26-50)45(5)6;5*2-1(3,4)8(5,6)7/h11-30H,42H2,1-10H3;5*(H,5,6,7)/q+5;;;;;/p-5. The molecule has 6 aromatic rings. The van der Waals surface area contributed by atoms with Gasteiger partial charge in [0.2, 0.25) is 0 Å². The van der Waals surface area contributed by atoms with Crippen LogP contribution in [0.25, 0.3) is 28.4 Å². The van der Waals surface area contributed by atoms with E-state index in [1.54, 1.807) is 0 Å². The lowest BCUT2D eigenvalue weighted by atomic mass is 10.1. The fourth-order valence-corrected chi connectivity index (χ4v) is 6.29. The molecule has 0 spiro atoms. The van der Waals surface area contributed by atoms with Crippen LogP contribution < -0.4 is 53.1 Å². The number of rotatable bonds is 10. The van der Waals surface area contributed by atoms with E-state index in [4.69, 9.17) is 70.6 Å². The molecule has 1 aromatic carbocycles. The molecule has 0 aliphatic heterocycles. The highest BCUT2D eigenvalue weighted by Crippen LogP contribution is 2.34. The van der Waals surface area contributed by atoms with Crippen molar-refractivity contribution >= 4 is 84.7 Å². The average molecular weight is 1440 g/mol. The van der Waals surface area contributed by atoms with Crippen LogP contribution in [-0.2, 0) is 50.6 Å². The number of nitrogens with two attached hydrogens (primary N) is 1. The van der Waals surface area contributed by atoms with Gasteiger partial charge in [-0.2, -0.15) is 88.7 Å². The minimum atomic E-state index is -6.09. The number of benzene rings is 1. The number of nitrogen functional groups attached to an aromatic ring is 1. The highest BCUT2D eigenvalue weighted by molar-refractivity contribution is 7.87. The maximum Gasteiger partial charge on any atom is 0.485 e. The van der Waals surface area contributed by atoms with Gasteiger partial charge in [-0.25, -0.2) is 42.1 Å². The Bertz CT molecular complexity index is 3650. The third kappa shape index (κ3) is 23.7. The molecule has 2 N–H and O–H groups in total. The summed E-state index contributed by atoms with van der Waals surface area (Å²) in [6.45, 7) is 0. The van der Waals surface area contributed by atoms with Crippen LogP contribution in [0.5, 0.6) is 0 Å². The quantitative estimate of drug-likeness (QED) is 0.0676. The van der Waals surface area contributed by atoms with Crippen LogP contribution in [0.4, 0.5) is 100.0 Å². The smallest absolute Gasteiger partial charge is 0.485 e. The van der Waals surface area contributed by atoms with Gasteiger partial charge in [0.25, 0.3) is 0 Å². The topological polar surface area (TPSA) is 348 Å². The predicted molar refractivity (Wildman–Crippen MR) is 289 cm³/mol. The molecule has 0 radical (unpaired) electrons. The van der Waals surface area contributed by atoms with Gasteiger partial charge in [-0.3, -0.25) is 0 Å². The van der Waals surface area contributed by atoms with Crippen molar-refractivity contribution in [2.24, 2.45) is 0 Å². The maximum atomic E-state index is 10.7. The van der Waals surface area contributed by atoms with Gasteiger partial charge in [0.1, 0.15) is 0 Å². The lowest BCUT2D eigenvalue weighted by Crippen LogP contribution is -2.50. The van der Waals surface area contributed by atoms with Crippen molar-refractivity contribution in [3.8, 4) is 28.4 Å². The van der Waals surface area contributed by atoms with E-state index >= 15 is 0 Å². The van der Waals surface area contributed by atoms with E-state index in [-0.39, 0.29) is 0 Å². The summed E-state index contributed by atoms with van der Waals surface area (Å²) in [4.78, 5) is 10.5. The molecule has 0 fully saturated rings. The summed E-state index contributed by atoms with van der Waals surface area (Å²) in [7, 11) is -9.92. The zero-order chi connectivity index (χ0) is 72.3. The number of halogens is 15. The molecule has 6 rings (SSSR count). The molecule has 0 amide bonds. The second kappa shape index (κ2) is 30.8. The molecule has 0 bridgehead atoms. The van der Waals surface area contributed by atoms with Gasteiger partial charge in [-0.1, -0.05) is 0 Å². The number of nitrogens with zero attached hydrogens (tertiary/aromatic N) is 10. The number of anilines is 6. The van der Waals surface area contributed by atoms with Gasteiger partial charge in [-0.05, 0) is 0 Å². The van der Waals surface area contributed by atoms with Crippen LogP contribution in [0, 0.1) is 0 Å². The Morgan fingerprint density at radius 2 is 0.370 bits per heavy atom. The molecule has 0 saturated heterocycles. The largest absolute Gasteiger partial charge is 0.741 e. The van der Waals surface area contributed by atoms with E-state index in [1.165, 1.54) is 0 Å². The molecule has 0 aliphatic carbocycles. The molecule has 26 nitrogen and oxygen atoms in total. The van der Waals surface area contributed by atoms with Crippen LogP contribution in [0.1, 0.15) is 0 Å². The minimum absolute atomic E-state index is 0.623. The molecule has 516 valence electrons. The zero-order valence-corrected chi connectivity index (χ0v) is 52.5. The van der Waals surface area contributed by atoms with Crippen molar-refractivity contribution in [2.45, 2.75) is 27.5 Å². The van der Waals surface area contributed by atoms with E-state index < -0.39 is 78.1 Å². The van der Waals surface area contributed by atoms with Gasteiger partial charge in [0.05, 0.1) is 0 Å². The summed E-state index contributed by atoms with van der Waals surface area (Å²) in [6.07, 6.45) is 21.1. The van der Waals surface area contributed by atoms with E-state index in [2.05, 4.69) is 212 Å². The van der Waals surface area contributed by atoms with Crippen molar-refractivity contribution in [2.75, 3.05) is 101 Å². The summed E-state index contributed by atoms with van der Waals surface area (Å²) in [5, 5.41) is 0. The molecule has 0 unspecified atom stereocenters. The van der Waals surface area contributed by atoms with Crippen molar-refractivity contribution in [1.82, 2.24) is 0 Å². The average Bonchev–Trinajstić information content (AvgIpc) is 0.725. The Balaban J connectivity index is 0.000000847. The molecule has 46 heteroatoms. The Labute approximate surface area is 515 Å². The van der Waals surface area contributed by atoms with Gasteiger partial charge in [0.15, 0.2) is 118 Å². The normalized spacial score (nSPS) is 12.3. The zero-order valence-electron chi connectivity index (χ0n) is 48.4. The molecule has 5 heterocycles. The van der Waals surface area contributed by atoms with E-state index in [1.807, 2.05) is 28.2 Å². The van der Waals surface area contributed by atoms with Gasteiger partial charge >= 0.3 is 56.0 Å². The van der Waals surface area contributed by atoms with Crippen molar-refractivity contribution in [3.05, 3.63) is 123 Å². The Kier molecular flexibility index (Phi) is 27.5. The number of pyridine rings is 5. The first kappa shape index (κ1) is 82.3. The lowest BCUT2D eigenvalue weighted by molar-refractivity contribution is -0.669. The lowest BCUT2D eigenvalue weighted by Gasteiger charge is -2.15. The Morgan fingerprint density at radius 3 is 0.467 bits per heavy atom. The number of aromatic nitrogens is 5. The molecule has 0 atom stereocenters. The van der Waals surface area contributed by atoms with Crippen molar-refractivity contribution in [1.29, 1.82) is 0 Å². The highest BCUT2D eigenvalue weighted by atomic mass is 32.2. The Morgan fingerprint density at radius 1 is 0.272 bits per heavy atom. The summed E-state index contributed by atoms with van der Waals surface area (Å²) in [5.41, 5.74) is -10.1. The first-order valence-corrected chi connectivity index (χ1v) is 30.7. The van der Waals surface area contributed by atoms with Crippen LogP contribution >= 0.6 is 0 Å². The fourth-order valence-electron chi connectivity index (χ4n) is 6.29. The highest BCUT2D eigenvalue weighted by Gasteiger charge is 2.49. The second-order valence-electron chi connectivity index (χ2n) is 18.4.